The monoisotopic (exact) mass is 391 g/mol. The van der Waals surface area contributed by atoms with Gasteiger partial charge in [0.05, 0.1) is 11.6 Å². The highest BCUT2D eigenvalue weighted by Crippen LogP contribution is 2.20. The van der Waals surface area contributed by atoms with Crippen molar-refractivity contribution in [3.8, 4) is 0 Å². The van der Waals surface area contributed by atoms with E-state index in [4.69, 9.17) is 11.6 Å². The summed E-state index contributed by atoms with van der Waals surface area (Å²) in [5, 5.41) is 7.58. The van der Waals surface area contributed by atoms with Crippen LogP contribution in [0.25, 0.3) is 0 Å². The quantitative estimate of drug-likeness (QED) is 0.767. The molecule has 0 aliphatic rings. The molecule has 0 fully saturated rings. The Balaban J connectivity index is 2.15. The first-order chi connectivity index (χ1) is 8.58. The second-order valence-electron chi connectivity index (χ2n) is 3.88. The zero-order chi connectivity index (χ0) is 13.1. The van der Waals surface area contributed by atoms with Crippen molar-refractivity contribution in [3.05, 3.63) is 54.7 Å². The standard InChI is InChI=1S/C13H11ClINOS/c1-8(9-4-5-18-7-9)16-13(17)11-6-10(14)2-3-12(11)15/h2-8H,1H3,(H,16,17). The van der Waals surface area contributed by atoms with Crippen molar-refractivity contribution in [2.45, 2.75) is 13.0 Å². The number of hydrogen-bond acceptors (Lipinski definition) is 2. The van der Waals surface area contributed by atoms with Gasteiger partial charge in [0.1, 0.15) is 0 Å². The van der Waals surface area contributed by atoms with Crippen LogP contribution in [0.15, 0.2) is 35.0 Å². The smallest absolute Gasteiger partial charge is 0.252 e. The molecule has 1 amide bonds. The van der Waals surface area contributed by atoms with Gasteiger partial charge in [-0.1, -0.05) is 11.6 Å². The van der Waals surface area contributed by atoms with E-state index in [1.54, 1.807) is 23.5 Å². The Kier molecular flexibility index (Phi) is 4.64. The molecule has 94 valence electrons. The molecule has 5 heteroatoms. The zero-order valence-corrected chi connectivity index (χ0v) is 13.3. The molecular formula is C13H11ClINOS. The van der Waals surface area contributed by atoms with Gasteiger partial charge in [0.15, 0.2) is 0 Å². The Bertz CT molecular complexity index is 556. The van der Waals surface area contributed by atoms with Gasteiger partial charge < -0.3 is 5.32 Å². The van der Waals surface area contributed by atoms with E-state index in [0.717, 1.165) is 9.13 Å². The highest BCUT2D eigenvalue weighted by molar-refractivity contribution is 14.1. The van der Waals surface area contributed by atoms with Crippen molar-refractivity contribution in [3.63, 3.8) is 0 Å². The summed E-state index contributed by atoms with van der Waals surface area (Å²) in [6.07, 6.45) is 0. The molecule has 0 spiro atoms. The van der Waals surface area contributed by atoms with Crippen LogP contribution in [0.3, 0.4) is 0 Å². The van der Waals surface area contributed by atoms with E-state index in [9.17, 15) is 4.79 Å². The predicted octanol–water partition coefficient (Wildman–Crippen LogP) is 4.50. The third-order valence-electron chi connectivity index (χ3n) is 2.56. The lowest BCUT2D eigenvalue weighted by Crippen LogP contribution is -2.27. The normalized spacial score (nSPS) is 12.2. The van der Waals surface area contributed by atoms with E-state index < -0.39 is 0 Å². The fraction of sp³-hybridized carbons (Fsp3) is 0.154. The molecule has 1 unspecified atom stereocenters. The van der Waals surface area contributed by atoms with E-state index in [2.05, 4.69) is 27.9 Å². The van der Waals surface area contributed by atoms with Gasteiger partial charge in [-0.3, -0.25) is 4.79 Å². The maximum absolute atomic E-state index is 12.2. The molecule has 0 saturated carbocycles. The number of hydrogen-bond donors (Lipinski definition) is 1. The number of nitrogens with one attached hydrogen (secondary N) is 1. The summed E-state index contributed by atoms with van der Waals surface area (Å²) in [5.41, 5.74) is 1.73. The first kappa shape index (κ1) is 13.8. The topological polar surface area (TPSA) is 29.1 Å². The number of carbonyl (C=O) groups is 1. The Morgan fingerprint density at radius 3 is 2.89 bits per heavy atom. The second-order valence-corrected chi connectivity index (χ2v) is 6.25. The molecule has 2 aromatic rings. The van der Waals surface area contributed by atoms with E-state index in [1.165, 1.54) is 0 Å². The average Bonchev–Trinajstić information content (AvgIpc) is 2.85. The number of carbonyl (C=O) groups excluding carboxylic acids is 1. The van der Waals surface area contributed by atoms with Crippen LogP contribution >= 0.6 is 45.5 Å². The minimum Gasteiger partial charge on any atom is -0.345 e. The third-order valence-corrected chi connectivity index (χ3v) is 4.44. The van der Waals surface area contributed by atoms with Gasteiger partial charge >= 0.3 is 0 Å². The highest BCUT2D eigenvalue weighted by Gasteiger charge is 2.14. The van der Waals surface area contributed by atoms with Crippen LogP contribution in [0.2, 0.25) is 5.02 Å². The number of amides is 1. The van der Waals surface area contributed by atoms with Crippen molar-refractivity contribution in [2.24, 2.45) is 0 Å². The van der Waals surface area contributed by atoms with Gasteiger partial charge in [-0.05, 0) is 70.1 Å². The van der Waals surface area contributed by atoms with Crippen LogP contribution in [0.1, 0.15) is 28.9 Å². The predicted molar refractivity (Wildman–Crippen MR) is 84.4 cm³/mol. The first-order valence-corrected chi connectivity index (χ1v) is 7.76. The van der Waals surface area contributed by atoms with Gasteiger partial charge in [0, 0.05) is 8.59 Å². The van der Waals surface area contributed by atoms with Crippen molar-refractivity contribution in [1.82, 2.24) is 5.32 Å². The van der Waals surface area contributed by atoms with Gasteiger partial charge in [0.25, 0.3) is 5.91 Å². The number of benzene rings is 1. The van der Waals surface area contributed by atoms with E-state index in [1.807, 2.05) is 29.8 Å². The van der Waals surface area contributed by atoms with Gasteiger partial charge in [0.2, 0.25) is 0 Å². The van der Waals surface area contributed by atoms with E-state index >= 15 is 0 Å². The molecule has 2 nitrogen and oxygen atoms in total. The average molecular weight is 392 g/mol. The molecule has 18 heavy (non-hydrogen) atoms. The molecule has 0 bridgehead atoms. The summed E-state index contributed by atoms with van der Waals surface area (Å²) >= 11 is 9.67. The molecule has 1 atom stereocenters. The Labute approximate surface area is 129 Å². The summed E-state index contributed by atoms with van der Waals surface area (Å²) in [6, 6.07) is 7.33. The summed E-state index contributed by atoms with van der Waals surface area (Å²) in [6.45, 7) is 1.97. The molecular weight excluding hydrogens is 381 g/mol. The van der Waals surface area contributed by atoms with Crippen LogP contribution in [0, 0.1) is 3.57 Å². The minimum atomic E-state index is -0.0967. The van der Waals surface area contributed by atoms with Gasteiger partial charge in [-0.2, -0.15) is 11.3 Å². The summed E-state index contributed by atoms with van der Waals surface area (Å²) in [4.78, 5) is 12.2. The van der Waals surface area contributed by atoms with Crippen LogP contribution in [-0.2, 0) is 0 Å². The van der Waals surface area contributed by atoms with Crippen molar-refractivity contribution >= 4 is 51.4 Å². The number of halogens is 2. The van der Waals surface area contributed by atoms with E-state index in [0.29, 0.717) is 10.6 Å². The number of thiophene rings is 1. The van der Waals surface area contributed by atoms with Crippen LogP contribution in [0.4, 0.5) is 0 Å². The lowest BCUT2D eigenvalue weighted by atomic mass is 10.1. The lowest BCUT2D eigenvalue weighted by molar-refractivity contribution is 0.0939. The molecule has 1 heterocycles. The highest BCUT2D eigenvalue weighted by atomic mass is 127. The van der Waals surface area contributed by atoms with Gasteiger partial charge in [-0.15, -0.1) is 0 Å². The van der Waals surface area contributed by atoms with Crippen molar-refractivity contribution in [2.75, 3.05) is 0 Å². The molecule has 0 saturated heterocycles. The van der Waals surface area contributed by atoms with Crippen LogP contribution in [-0.4, -0.2) is 5.91 Å². The summed E-state index contributed by atoms with van der Waals surface area (Å²) in [7, 11) is 0. The van der Waals surface area contributed by atoms with Crippen molar-refractivity contribution < 1.29 is 4.79 Å². The Hall–Kier alpha value is -0.590. The van der Waals surface area contributed by atoms with Crippen LogP contribution < -0.4 is 5.32 Å². The molecule has 1 aromatic carbocycles. The zero-order valence-electron chi connectivity index (χ0n) is 9.61. The fourth-order valence-corrected chi connectivity index (χ4v) is 3.06. The number of rotatable bonds is 3. The molecule has 1 aromatic heterocycles. The third kappa shape index (κ3) is 3.24. The Morgan fingerprint density at radius 1 is 1.44 bits per heavy atom. The first-order valence-electron chi connectivity index (χ1n) is 5.36. The maximum atomic E-state index is 12.2. The minimum absolute atomic E-state index is 0.00136. The maximum Gasteiger partial charge on any atom is 0.252 e. The summed E-state index contributed by atoms with van der Waals surface area (Å²) < 4.78 is 0.895. The molecule has 0 radical (unpaired) electrons. The SMILES string of the molecule is CC(NC(=O)c1cc(Cl)ccc1I)c1ccsc1. The largest absolute Gasteiger partial charge is 0.345 e. The summed E-state index contributed by atoms with van der Waals surface area (Å²) in [5.74, 6) is -0.0967. The van der Waals surface area contributed by atoms with Crippen molar-refractivity contribution in [1.29, 1.82) is 0 Å². The molecule has 0 aliphatic heterocycles. The van der Waals surface area contributed by atoms with Crippen LogP contribution in [0.5, 0.6) is 0 Å². The van der Waals surface area contributed by atoms with E-state index in [-0.39, 0.29) is 11.9 Å². The van der Waals surface area contributed by atoms with Gasteiger partial charge in [-0.25, -0.2) is 0 Å². The Morgan fingerprint density at radius 2 is 2.22 bits per heavy atom. The fourth-order valence-electron chi connectivity index (χ4n) is 1.55. The molecule has 2 rings (SSSR count). The molecule has 1 N–H and O–H groups in total. The second kappa shape index (κ2) is 6.04. The lowest BCUT2D eigenvalue weighted by Gasteiger charge is -2.13. The molecule has 0 aliphatic carbocycles.